The lowest BCUT2D eigenvalue weighted by Gasteiger charge is -2.15. The van der Waals surface area contributed by atoms with Gasteiger partial charge in [-0.15, -0.1) is 0 Å². The fraction of sp³-hybridized carbons (Fsp3) is 0.500. The smallest absolute Gasteiger partial charge is 0.238 e. The van der Waals surface area contributed by atoms with Crippen LogP contribution < -0.4 is 15.6 Å². The van der Waals surface area contributed by atoms with Crippen LogP contribution in [0.15, 0.2) is 29.2 Å². The zero-order valence-corrected chi connectivity index (χ0v) is 11.5. The van der Waals surface area contributed by atoms with Gasteiger partial charge >= 0.3 is 0 Å². The van der Waals surface area contributed by atoms with Crippen molar-refractivity contribution in [3.8, 4) is 5.75 Å². The zero-order valence-electron chi connectivity index (χ0n) is 10.7. The first-order valence-electron chi connectivity index (χ1n) is 6.19. The van der Waals surface area contributed by atoms with Crippen LogP contribution in [-0.4, -0.2) is 45.6 Å². The van der Waals surface area contributed by atoms with Gasteiger partial charge in [0.1, 0.15) is 12.4 Å². The standard InChI is InChI=1S/C12H19N3O3S/c13-10-5-6-15(9-10)7-8-18-11-1-3-12(4-2-11)19(14,16)17/h1-4,10H,5-9,13H2,(H2,14,16,17). The number of likely N-dealkylation sites (tertiary alicyclic amines) is 1. The van der Waals surface area contributed by atoms with Crippen LogP contribution in [-0.2, 0) is 10.0 Å². The second kappa shape index (κ2) is 5.87. The highest BCUT2D eigenvalue weighted by atomic mass is 32.2. The number of primary sulfonamides is 1. The number of rotatable bonds is 5. The van der Waals surface area contributed by atoms with Crippen molar-refractivity contribution in [2.45, 2.75) is 17.4 Å². The van der Waals surface area contributed by atoms with Crippen LogP contribution in [0.5, 0.6) is 5.75 Å². The highest BCUT2D eigenvalue weighted by molar-refractivity contribution is 7.89. The zero-order chi connectivity index (χ0) is 13.9. The molecule has 0 radical (unpaired) electrons. The minimum atomic E-state index is -3.64. The summed E-state index contributed by atoms with van der Waals surface area (Å²) in [7, 11) is -3.64. The molecule has 106 valence electrons. The van der Waals surface area contributed by atoms with Crippen molar-refractivity contribution in [1.29, 1.82) is 0 Å². The first-order valence-corrected chi connectivity index (χ1v) is 7.73. The van der Waals surface area contributed by atoms with Crippen molar-refractivity contribution in [2.75, 3.05) is 26.2 Å². The molecule has 1 heterocycles. The molecule has 1 atom stereocenters. The molecule has 0 amide bonds. The van der Waals surface area contributed by atoms with Gasteiger partial charge in [-0.05, 0) is 37.2 Å². The summed E-state index contributed by atoms with van der Waals surface area (Å²) in [6.07, 6.45) is 1.03. The number of nitrogens with zero attached hydrogens (tertiary/aromatic N) is 1. The third kappa shape index (κ3) is 4.17. The second-order valence-corrected chi connectivity index (χ2v) is 6.28. The van der Waals surface area contributed by atoms with Crippen LogP contribution in [0.4, 0.5) is 0 Å². The van der Waals surface area contributed by atoms with Gasteiger partial charge in [-0.1, -0.05) is 0 Å². The normalized spacial score (nSPS) is 20.6. The van der Waals surface area contributed by atoms with Crippen molar-refractivity contribution in [2.24, 2.45) is 10.9 Å². The van der Waals surface area contributed by atoms with Gasteiger partial charge in [0.05, 0.1) is 4.90 Å². The molecule has 0 spiro atoms. The number of hydrogen-bond donors (Lipinski definition) is 2. The van der Waals surface area contributed by atoms with E-state index in [-0.39, 0.29) is 10.9 Å². The van der Waals surface area contributed by atoms with Crippen LogP contribution in [0.3, 0.4) is 0 Å². The summed E-state index contributed by atoms with van der Waals surface area (Å²) in [5.41, 5.74) is 5.81. The van der Waals surface area contributed by atoms with Gasteiger partial charge < -0.3 is 10.5 Å². The van der Waals surface area contributed by atoms with Crippen molar-refractivity contribution in [1.82, 2.24) is 4.90 Å². The maximum atomic E-state index is 11.1. The van der Waals surface area contributed by atoms with Gasteiger partial charge in [-0.25, -0.2) is 13.6 Å². The molecule has 1 fully saturated rings. The molecule has 0 aliphatic carbocycles. The number of nitrogens with two attached hydrogens (primary N) is 2. The highest BCUT2D eigenvalue weighted by Gasteiger charge is 2.18. The lowest BCUT2D eigenvalue weighted by Crippen LogP contribution is -2.29. The Morgan fingerprint density at radius 3 is 2.53 bits per heavy atom. The summed E-state index contributed by atoms with van der Waals surface area (Å²) < 4.78 is 27.7. The van der Waals surface area contributed by atoms with Crippen LogP contribution in [0.1, 0.15) is 6.42 Å². The maximum absolute atomic E-state index is 11.1. The van der Waals surface area contributed by atoms with Crippen molar-refractivity contribution < 1.29 is 13.2 Å². The van der Waals surface area contributed by atoms with E-state index in [0.717, 1.165) is 26.1 Å². The molecule has 0 aromatic heterocycles. The summed E-state index contributed by atoms with van der Waals surface area (Å²) in [6, 6.07) is 6.37. The molecule has 7 heteroatoms. The molecule has 1 aliphatic rings. The SMILES string of the molecule is NC1CCN(CCOc2ccc(S(N)(=O)=O)cc2)C1. The van der Waals surface area contributed by atoms with Gasteiger partial charge in [0.15, 0.2) is 0 Å². The van der Waals surface area contributed by atoms with Crippen LogP contribution in [0, 0.1) is 0 Å². The monoisotopic (exact) mass is 285 g/mol. The van der Waals surface area contributed by atoms with E-state index < -0.39 is 10.0 Å². The molecule has 4 N–H and O–H groups in total. The minimum absolute atomic E-state index is 0.0883. The largest absolute Gasteiger partial charge is 0.492 e. The molecular weight excluding hydrogens is 266 g/mol. The number of hydrogen-bond acceptors (Lipinski definition) is 5. The molecule has 19 heavy (non-hydrogen) atoms. The third-order valence-electron chi connectivity index (χ3n) is 3.14. The van der Waals surface area contributed by atoms with Gasteiger partial charge in [0.2, 0.25) is 10.0 Å². The molecule has 0 bridgehead atoms. The first kappa shape index (κ1) is 14.3. The Labute approximate surface area is 113 Å². The average molecular weight is 285 g/mol. The molecule has 1 aliphatic heterocycles. The Balaban J connectivity index is 1.80. The molecule has 1 saturated heterocycles. The van der Waals surface area contributed by atoms with E-state index in [1.54, 1.807) is 12.1 Å². The summed E-state index contributed by atoms with van der Waals surface area (Å²) in [4.78, 5) is 2.34. The molecule has 1 unspecified atom stereocenters. The molecule has 2 rings (SSSR count). The lowest BCUT2D eigenvalue weighted by atomic mass is 10.3. The van der Waals surface area contributed by atoms with E-state index in [9.17, 15) is 8.42 Å². The van der Waals surface area contributed by atoms with E-state index in [0.29, 0.717) is 12.4 Å². The van der Waals surface area contributed by atoms with Crippen LogP contribution >= 0.6 is 0 Å². The Morgan fingerprint density at radius 2 is 2.00 bits per heavy atom. The molecule has 6 nitrogen and oxygen atoms in total. The quantitative estimate of drug-likeness (QED) is 0.777. The number of sulfonamides is 1. The van der Waals surface area contributed by atoms with Crippen molar-refractivity contribution in [3.05, 3.63) is 24.3 Å². The van der Waals surface area contributed by atoms with Crippen LogP contribution in [0.2, 0.25) is 0 Å². The van der Waals surface area contributed by atoms with E-state index in [2.05, 4.69) is 4.90 Å². The summed E-state index contributed by atoms with van der Waals surface area (Å²) in [6.45, 7) is 3.30. The summed E-state index contributed by atoms with van der Waals surface area (Å²) >= 11 is 0. The molecular formula is C12H19N3O3S. The molecule has 1 aromatic rings. The fourth-order valence-corrected chi connectivity index (χ4v) is 2.60. The Hall–Kier alpha value is -1.15. The van der Waals surface area contributed by atoms with Gasteiger partial charge in [-0.2, -0.15) is 0 Å². The number of ether oxygens (including phenoxy) is 1. The highest BCUT2D eigenvalue weighted by Crippen LogP contribution is 2.15. The van der Waals surface area contributed by atoms with E-state index in [1.165, 1.54) is 12.1 Å². The van der Waals surface area contributed by atoms with Gasteiger partial charge in [0, 0.05) is 19.1 Å². The maximum Gasteiger partial charge on any atom is 0.238 e. The second-order valence-electron chi connectivity index (χ2n) is 4.71. The average Bonchev–Trinajstić information content (AvgIpc) is 2.75. The Bertz CT molecular complexity index is 516. The van der Waals surface area contributed by atoms with Crippen molar-refractivity contribution in [3.63, 3.8) is 0 Å². The fourth-order valence-electron chi connectivity index (χ4n) is 2.08. The molecule has 0 saturated carbocycles. The van der Waals surface area contributed by atoms with E-state index >= 15 is 0 Å². The minimum Gasteiger partial charge on any atom is -0.492 e. The Kier molecular flexibility index (Phi) is 4.41. The Morgan fingerprint density at radius 1 is 1.32 bits per heavy atom. The summed E-state index contributed by atoms with van der Waals surface area (Å²) in [5.74, 6) is 0.635. The third-order valence-corrected chi connectivity index (χ3v) is 4.07. The van der Waals surface area contributed by atoms with Gasteiger partial charge in [0.25, 0.3) is 0 Å². The van der Waals surface area contributed by atoms with Gasteiger partial charge in [-0.3, -0.25) is 4.90 Å². The summed E-state index contributed by atoms with van der Waals surface area (Å²) in [5, 5.41) is 5.02. The van der Waals surface area contributed by atoms with Crippen LogP contribution in [0.25, 0.3) is 0 Å². The van der Waals surface area contributed by atoms with E-state index in [1.807, 2.05) is 0 Å². The lowest BCUT2D eigenvalue weighted by molar-refractivity contribution is 0.236. The predicted molar refractivity (Wildman–Crippen MR) is 72.3 cm³/mol. The number of benzene rings is 1. The van der Waals surface area contributed by atoms with Crippen molar-refractivity contribution >= 4 is 10.0 Å². The van der Waals surface area contributed by atoms with E-state index in [4.69, 9.17) is 15.6 Å². The molecule has 1 aromatic carbocycles. The first-order chi connectivity index (χ1) is 8.95. The predicted octanol–water partition coefficient (Wildman–Crippen LogP) is -0.254. The topological polar surface area (TPSA) is 98.6 Å².